The Bertz CT molecular complexity index is 966. The van der Waals surface area contributed by atoms with E-state index in [2.05, 4.69) is 16.0 Å². The van der Waals surface area contributed by atoms with Gasteiger partial charge in [0.1, 0.15) is 17.3 Å². The van der Waals surface area contributed by atoms with E-state index in [-0.39, 0.29) is 12.3 Å². The highest BCUT2D eigenvalue weighted by Crippen LogP contribution is 2.25. The van der Waals surface area contributed by atoms with Gasteiger partial charge in [-0.25, -0.2) is 4.79 Å². The first-order valence-corrected chi connectivity index (χ1v) is 11.5. The summed E-state index contributed by atoms with van der Waals surface area (Å²) in [5.41, 5.74) is -0.101. The molecule has 1 aromatic carbocycles. The zero-order valence-electron chi connectivity index (χ0n) is 21.3. The van der Waals surface area contributed by atoms with Crippen LogP contribution in [-0.2, 0) is 23.9 Å². The number of ketones is 1. The summed E-state index contributed by atoms with van der Waals surface area (Å²) in [6.07, 6.45) is -0.884. The van der Waals surface area contributed by atoms with Crippen LogP contribution in [0.1, 0.15) is 59.6 Å². The SMILES string of the molecule is COc1ccc(C(CC(=O)N[C@H](C(=O)[C@@H]2C(=O)NC(=O)[C@H]2C)C(C)C)NC(=O)OC(C)(C)C)cc1. The van der Waals surface area contributed by atoms with Crippen molar-refractivity contribution in [1.82, 2.24) is 16.0 Å². The lowest BCUT2D eigenvalue weighted by Gasteiger charge is -2.26. The molecule has 1 aliphatic heterocycles. The molecule has 0 aromatic heterocycles. The third-order valence-corrected chi connectivity index (χ3v) is 5.64. The van der Waals surface area contributed by atoms with Crippen LogP contribution < -0.4 is 20.7 Å². The summed E-state index contributed by atoms with van der Waals surface area (Å²) in [7, 11) is 1.53. The van der Waals surface area contributed by atoms with Crippen molar-refractivity contribution in [3.05, 3.63) is 29.8 Å². The minimum Gasteiger partial charge on any atom is -0.497 e. The van der Waals surface area contributed by atoms with Gasteiger partial charge >= 0.3 is 6.09 Å². The molecule has 1 saturated heterocycles. The first-order chi connectivity index (χ1) is 16.2. The molecular formula is C25H35N3O7. The van der Waals surface area contributed by atoms with Gasteiger partial charge in [-0.1, -0.05) is 32.9 Å². The van der Waals surface area contributed by atoms with Crippen LogP contribution in [0.5, 0.6) is 5.75 Å². The summed E-state index contributed by atoms with van der Waals surface area (Å²) in [6.45, 7) is 10.2. The number of methoxy groups -OCH3 is 1. The molecule has 4 amide bonds. The molecule has 3 N–H and O–H groups in total. The lowest BCUT2D eigenvalue weighted by atomic mass is 9.85. The number of imide groups is 1. The number of Topliss-reactive ketones (excluding diaryl/α,β-unsaturated/α-hetero) is 1. The molecule has 10 heteroatoms. The third kappa shape index (κ3) is 7.53. The summed E-state index contributed by atoms with van der Waals surface area (Å²) in [5.74, 6) is -3.89. The van der Waals surface area contributed by atoms with Crippen LogP contribution in [0, 0.1) is 17.8 Å². The first-order valence-electron chi connectivity index (χ1n) is 11.5. The number of carbonyl (C=O) groups is 5. The molecule has 0 spiro atoms. The Morgan fingerprint density at radius 2 is 1.63 bits per heavy atom. The molecule has 0 saturated carbocycles. The number of amides is 4. The lowest BCUT2D eigenvalue weighted by molar-refractivity contribution is -0.137. The number of rotatable bonds is 9. The van der Waals surface area contributed by atoms with Crippen LogP contribution >= 0.6 is 0 Å². The summed E-state index contributed by atoms with van der Waals surface area (Å²) < 4.78 is 10.5. The van der Waals surface area contributed by atoms with Gasteiger partial charge in [0, 0.05) is 0 Å². The van der Waals surface area contributed by atoms with Crippen molar-refractivity contribution in [3.63, 3.8) is 0 Å². The zero-order valence-corrected chi connectivity index (χ0v) is 21.3. The quantitative estimate of drug-likeness (QED) is 0.357. The van der Waals surface area contributed by atoms with Gasteiger partial charge in [-0.2, -0.15) is 0 Å². The number of nitrogens with one attached hydrogen (secondary N) is 3. The molecule has 4 atom stereocenters. The van der Waals surface area contributed by atoms with Crippen LogP contribution in [0.3, 0.4) is 0 Å². The van der Waals surface area contributed by atoms with Crippen molar-refractivity contribution in [2.45, 2.75) is 65.6 Å². The number of hydrogen-bond acceptors (Lipinski definition) is 7. The van der Waals surface area contributed by atoms with E-state index in [1.807, 2.05) is 0 Å². The van der Waals surface area contributed by atoms with E-state index in [0.717, 1.165) is 0 Å². The largest absolute Gasteiger partial charge is 0.497 e. The summed E-state index contributed by atoms with van der Waals surface area (Å²) in [6, 6.07) is 5.10. The minimum atomic E-state index is -1.16. The molecular weight excluding hydrogens is 454 g/mol. The van der Waals surface area contributed by atoms with E-state index in [0.29, 0.717) is 11.3 Å². The van der Waals surface area contributed by atoms with Crippen LogP contribution in [-0.4, -0.2) is 48.4 Å². The fourth-order valence-electron chi connectivity index (χ4n) is 3.78. The number of benzene rings is 1. The highest BCUT2D eigenvalue weighted by molar-refractivity contribution is 6.16. The Morgan fingerprint density at radius 1 is 1.03 bits per heavy atom. The van der Waals surface area contributed by atoms with E-state index >= 15 is 0 Å². The summed E-state index contributed by atoms with van der Waals surface area (Å²) >= 11 is 0. The second kappa shape index (κ2) is 11.3. The topological polar surface area (TPSA) is 140 Å². The smallest absolute Gasteiger partial charge is 0.408 e. The molecule has 10 nitrogen and oxygen atoms in total. The maximum Gasteiger partial charge on any atom is 0.408 e. The van der Waals surface area contributed by atoms with Gasteiger partial charge < -0.3 is 20.1 Å². The Hall–Kier alpha value is -3.43. The molecule has 1 fully saturated rings. The van der Waals surface area contributed by atoms with Crippen molar-refractivity contribution < 1.29 is 33.4 Å². The van der Waals surface area contributed by atoms with E-state index in [9.17, 15) is 24.0 Å². The molecule has 1 heterocycles. The Labute approximate surface area is 205 Å². The normalized spacial score (nSPS) is 19.5. The second-order valence-electron chi connectivity index (χ2n) is 9.99. The van der Waals surface area contributed by atoms with Crippen molar-refractivity contribution in [2.24, 2.45) is 17.8 Å². The molecule has 0 aliphatic carbocycles. The molecule has 192 valence electrons. The predicted octanol–water partition coefficient (Wildman–Crippen LogP) is 2.27. The average molecular weight is 490 g/mol. The summed E-state index contributed by atoms with van der Waals surface area (Å²) in [5, 5.41) is 7.57. The van der Waals surface area contributed by atoms with Crippen LogP contribution in [0.4, 0.5) is 4.79 Å². The Morgan fingerprint density at radius 3 is 2.09 bits per heavy atom. The number of alkyl carbamates (subject to hydrolysis) is 1. The standard InChI is InChI=1S/C25H35N3O7/c1-13(2)20(21(30)19-14(3)22(31)28-23(19)32)27-18(29)12-17(26-24(33)35-25(4,5)6)15-8-10-16(34-7)11-9-15/h8-11,13-14,17,19-20H,12H2,1-7H3,(H,26,33)(H,27,29)(H,28,31,32)/t14-,17?,19+,20-/m0/s1. The fourth-order valence-corrected chi connectivity index (χ4v) is 3.78. The van der Waals surface area contributed by atoms with E-state index in [1.165, 1.54) is 14.0 Å². The highest BCUT2D eigenvalue weighted by atomic mass is 16.6. The number of carbonyl (C=O) groups excluding carboxylic acids is 5. The first kappa shape index (κ1) is 27.8. The van der Waals surface area contributed by atoms with Gasteiger partial charge in [0.25, 0.3) is 0 Å². The molecule has 0 radical (unpaired) electrons. The molecule has 2 rings (SSSR count). The van der Waals surface area contributed by atoms with Gasteiger partial charge in [-0.3, -0.25) is 24.5 Å². The fraction of sp³-hybridized carbons (Fsp3) is 0.560. The van der Waals surface area contributed by atoms with Crippen molar-refractivity contribution >= 4 is 29.6 Å². The van der Waals surface area contributed by atoms with Gasteiger partial charge in [0.2, 0.25) is 17.7 Å². The number of ether oxygens (including phenoxy) is 2. The maximum absolute atomic E-state index is 13.1. The van der Waals surface area contributed by atoms with Crippen LogP contribution in [0.15, 0.2) is 24.3 Å². The van der Waals surface area contributed by atoms with Gasteiger partial charge in [0.15, 0.2) is 5.78 Å². The minimum absolute atomic E-state index is 0.187. The van der Waals surface area contributed by atoms with E-state index in [1.54, 1.807) is 58.9 Å². The number of hydrogen-bond donors (Lipinski definition) is 3. The van der Waals surface area contributed by atoms with Crippen molar-refractivity contribution in [1.29, 1.82) is 0 Å². The highest BCUT2D eigenvalue weighted by Gasteiger charge is 2.46. The Balaban J connectivity index is 2.21. The molecule has 1 aliphatic rings. The maximum atomic E-state index is 13.1. The van der Waals surface area contributed by atoms with E-state index < -0.39 is 59.1 Å². The van der Waals surface area contributed by atoms with Crippen molar-refractivity contribution in [3.8, 4) is 5.75 Å². The second-order valence-corrected chi connectivity index (χ2v) is 9.99. The zero-order chi connectivity index (χ0) is 26.5. The molecule has 1 aromatic rings. The van der Waals surface area contributed by atoms with Crippen LogP contribution in [0.25, 0.3) is 0 Å². The van der Waals surface area contributed by atoms with Crippen molar-refractivity contribution in [2.75, 3.05) is 7.11 Å². The average Bonchev–Trinajstić information content (AvgIpc) is 3.00. The summed E-state index contributed by atoms with van der Waals surface area (Å²) in [4.78, 5) is 62.6. The molecule has 1 unspecified atom stereocenters. The monoisotopic (exact) mass is 489 g/mol. The third-order valence-electron chi connectivity index (χ3n) is 5.64. The Kier molecular flexibility index (Phi) is 9.00. The van der Waals surface area contributed by atoms with Crippen LogP contribution in [0.2, 0.25) is 0 Å². The molecule has 35 heavy (non-hydrogen) atoms. The van der Waals surface area contributed by atoms with Gasteiger partial charge in [0.05, 0.1) is 31.5 Å². The molecule has 0 bridgehead atoms. The van der Waals surface area contributed by atoms with Gasteiger partial charge in [-0.15, -0.1) is 0 Å². The predicted molar refractivity (Wildman–Crippen MR) is 127 cm³/mol. The van der Waals surface area contributed by atoms with E-state index in [4.69, 9.17) is 9.47 Å². The lowest BCUT2D eigenvalue weighted by Crippen LogP contribution is -2.49. The van der Waals surface area contributed by atoms with Gasteiger partial charge in [-0.05, 0) is 44.4 Å².